The number of carbonyl (C=O) groups is 6. The maximum absolute atomic E-state index is 13.2. The van der Waals surface area contributed by atoms with Crippen molar-refractivity contribution < 1.29 is 43.7 Å². The fraction of sp³-hybridized carbons (Fsp3) is 0.550. The number of amides is 5. The van der Waals surface area contributed by atoms with E-state index in [9.17, 15) is 39.0 Å². The predicted molar refractivity (Wildman–Crippen MR) is 202 cm³/mol. The molecule has 0 aliphatic carbocycles. The van der Waals surface area contributed by atoms with Crippen LogP contribution in [0.3, 0.4) is 0 Å². The SMILES string of the molecule is CC(C)(C)C1C(=O)N(C2CCN(C(=O)OC(=O)c3ccccc3)CC2)CCN1C(=O)O.CN1CCN(C2CCN(C(=O)O)C(Cc3ccccc3)C2)C(=O)C1. The Balaban J connectivity index is 0.000000218. The molecule has 0 radical (unpaired) electrons. The lowest BCUT2D eigenvalue weighted by atomic mass is 9.83. The highest BCUT2D eigenvalue weighted by Gasteiger charge is 2.46. The number of piperidine rings is 2. The molecule has 4 heterocycles. The number of hydrogen-bond donors (Lipinski definition) is 2. The van der Waals surface area contributed by atoms with Gasteiger partial charge in [-0.3, -0.25) is 19.4 Å². The number of likely N-dealkylation sites (N-methyl/N-ethyl adjacent to an activating group) is 1. The molecular weight excluding hydrogens is 708 g/mol. The Bertz CT molecular complexity index is 1680. The second kappa shape index (κ2) is 18.0. The van der Waals surface area contributed by atoms with Crippen LogP contribution in [0.1, 0.15) is 62.4 Å². The van der Waals surface area contributed by atoms with Gasteiger partial charge in [-0.1, -0.05) is 69.3 Å². The number of hydrogen-bond acceptors (Lipinski definition) is 8. The molecule has 3 unspecified atom stereocenters. The van der Waals surface area contributed by atoms with Crippen LogP contribution >= 0.6 is 0 Å². The summed E-state index contributed by atoms with van der Waals surface area (Å²) in [6, 6.07) is 17.5. The third-order valence-corrected chi connectivity index (χ3v) is 11.0. The van der Waals surface area contributed by atoms with Crippen LogP contribution in [0.25, 0.3) is 0 Å². The minimum absolute atomic E-state index is 0.0730. The summed E-state index contributed by atoms with van der Waals surface area (Å²) in [5.41, 5.74) is 0.913. The Morgan fingerprint density at radius 2 is 1.31 bits per heavy atom. The summed E-state index contributed by atoms with van der Waals surface area (Å²) in [6.07, 6.45) is 0.596. The van der Waals surface area contributed by atoms with Crippen molar-refractivity contribution in [2.45, 2.75) is 77.0 Å². The quantitative estimate of drug-likeness (QED) is 0.333. The van der Waals surface area contributed by atoms with Crippen molar-refractivity contribution in [1.29, 1.82) is 0 Å². The van der Waals surface area contributed by atoms with E-state index in [4.69, 9.17) is 4.74 Å². The van der Waals surface area contributed by atoms with Crippen LogP contribution in [0.15, 0.2) is 60.7 Å². The Kier molecular flexibility index (Phi) is 13.4. The molecule has 0 aromatic heterocycles. The van der Waals surface area contributed by atoms with Crippen LogP contribution in [-0.4, -0.2) is 159 Å². The molecular formula is C40H54N6O9. The van der Waals surface area contributed by atoms with E-state index in [2.05, 4.69) is 0 Å². The highest BCUT2D eigenvalue weighted by molar-refractivity contribution is 5.96. The minimum atomic E-state index is -1.09. The summed E-state index contributed by atoms with van der Waals surface area (Å²) < 4.78 is 4.98. The standard InChI is InChI=1S/C22H29N3O6.C18H25N3O3/c1-22(2,3)17-18(26)24(13-14-25(17)20(28)29)16-9-11-23(12-10-16)21(30)31-19(27)15-7-5-4-6-8-15;1-19-9-10-20(17(22)13-19)15-7-8-21(18(23)24)16(12-15)11-14-5-3-2-4-6-14/h4-8,16-17H,9-14H2,1-3H3,(H,28,29);2-6,15-16H,7-13H2,1H3,(H,23,24). The highest BCUT2D eigenvalue weighted by atomic mass is 16.6. The topological polar surface area (TPSA) is 172 Å². The van der Waals surface area contributed by atoms with Crippen LogP contribution in [0.5, 0.6) is 0 Å². The van der Waals surface area contributed by atoms with E-state index in [0.29, 0.717) is 57.5 Å². The number of piperazine rings is 2. The van der Waals surface area contributed by atoms with Gasteiger partial charge in [0, 0.05) is 63.9 Å². The molecule has 3 atom stereocenters. The van der Waals surface area contributed by atoms with E-state index in [1.54, 1.807) is 40.1 Å². The zero-order valence-corrected chi connectivity index (χ0v) is 32.2. The lowest BCUT2D eigenvalue weighted by molar-refractivity contribution is -0.149. The second-order valence-corrected chi connectivity index (χ2v) is 15.8. The molecule has 2 aromatic rings. The molecule has 15 nitrogen and oxygen atoms in total. The third-order valence-electron chi connectivity index (χ3n) is 11.0. The van der Waals surface area contributed by atoms with Gasteiger partial charge in [0.15, 0.2) is 0 Å². The van der Waals surface area contributed by atoms with Gasteiger partial charge < -0.3 is 34.5 Å². The molecule has 4 aliphatic heterocycles. The van der Waals surface area contributed by atoms with Crippen LogP contribution in [-0.2, 0) is 20.7 Å². The van der Waals surface area contributed by atoms with Crippen molar-refractivity contribution in [1.82, 2.24) is 29.4 Å². The maximum atomic E-state index is 13.2. The van der Waals surface area contributed by atoms with Crippen LogP contribution < -0.4 is 0 Å². The maximum Gasteiger partial charge on any atom is 0.417 e. The molecule has 6 rings (SSSR count). The summed E-state index contributed by atoms with van der Waals surface area (Å²) >= 11 is 0. The Morgan fingerprint density at radius 1 is 0.727 bits per heavy atom. The molecule has 4 fully saturated rings. The largest absolute Gasteiger partial charge is 0.465 e. The molecule has 5 amide bonds. The summed E-state index contributed by atoms with van der Waals surface area (Å²) in [6.45, 7) is 9.47. The number of benzene rings is 2. The molecule has 298 valence electrons. The first-order valence-corrected chi connectivity index (χ1v) is 19.0. The first-order valence-electron chi connectivity index (χ1n) is 19.0. The molecule has 2 aromatic carbocycles. The molecule has 15 heteroatoms. The fourth-order valence-corrected chi connectivity index (χ4v) is 8.12. The highest BCUT2D eigenvalue weighted by Crippen LogP contribution is 2.32. The summed E-state index contributed by atoms with van der Waals surface area (Å²) in [4.78, 5) is 83.2. The molecule has 2 N–H and O–H groups in total. The van der Waals surface area contributed by atoms with E-state index in [1.165, 1.54) is 9.80 Å². The molecule has 55 heavy (non-hydrogen) atoms. The van der Waals surface area contributed by atoms with Crippen molar-refractivity contribution in [2.75, 3.05) is 59.4 Å². The van der Waals surface area contributed by atoms with Crippen molar-refractivity contribution in [2.24, 2.45) is 5.41 Å². The van der Waals surface area contributed by atoms with E-state index in [0.717, 1.165) is 31.5 Å². The number of ether oxygens (including phenoxy) is 1. The average Bonchev–Trinajstić information content (AvgIpc) is 3.15. The van der Waals surface area contributed by atoms with Crippen molar-refractivity contribution >= 4 is 36.1 Å². The lowest BCUT2D eigenvalue weighted by Crippen LogP contribution is -2.65. The Labute approximate surface area is 322 Å². The van der Waals surface area contributed by atoms with Crippen LogP contribution in [0.4, 0.5) is 14.4 Å². The number of esters is 1. The first kappa shape index (κ1) is 41.0. The van der Waals surface area contributed by atoms with E-state index >= 15 is 0 Å². The zero-order chi connectivity index (χ0) is 39.9. The van der Waals surface area contributed by atoms with Gasteiger partial charge in [-0.05, 0) is 62.3 Å². The summed E-state index contributed by atoms with van der Waals surface area (Å²) in [5, 5.41) is 19.0. The van der Waals surface area contributed by atoms with Crippen molar-refractivity contribution in [3.8, 4) is 0 Å². The van der Waals surface area contributed by atoms with Gasteiger partial charge in [-0.2, -0.15) is 0 Å². The van der Waals surface area contributed by atoms with Gasteiger partial charge >= 0.3 is 24.2 Å². The van der Waals surface area contributed by atoms with Gasteiger partial charge in [-0.15, -0.1) is 0 Å². The number of carbonyl (C=O) groups excluding carboxylic acids is 4. The number of nitrogens with zero attached hydrogens (tertiary/aromatic N) is 6. The van der Waals surface area contributed by atoms with Gasteiger partial charge in [-0.25, -0.2) is 19.2 Å². The van der Waals surface area contributed by atoms with Crippen molar-refractivity contribution in [3.05, 3.63) is 71.8 Å². The van der Waals surface area contributed by atoms with Gasteiger partial charge in [0.2, 0.25) is 11.8 Å². The normalized spacial score (nSPS) is 22.8. The third kappa shape index (κ3) is 10.3. The Morgan fingerprint density at radius 3 is 1.89 bits per heavy atom. The number of likely N-dealkylation sites (tertiary alicyclic amines) is 2. The molecule has 4 aliphatic rings. The smallest absolute Gasteiger partial charge is 0.417 e. The molecule has 0 spiro atoms. The summed E-state index contributed by atoms with van der Waals surface area (Å²) in [7, 11) is 1.96. The van der Waals surface area contributed by atoms with Crippen molar-refractivity contribution in [3.63, 3.8) is 0 Å². The fourth-order valence-electron chi connectivity index (χ4n) is 8.12. The molecule has 4 saturated heterocycles. The van der Waals surface area contributed by atoms with E-state index in [-0.39, 0.29) is 36.5 Å². The Hall–Kier alpha value is -5.18. The zero-order valence-electron chi connectivity index (χ0n) is 32.2. The lowest BCUT2D eigenvalue weighted by Gasteiger charge is -2.48. The van der Waals surface area contributed by atoms with E-state index in [1.807, 2.05) is 68.0 Å². The first-order chi connectivity index (χ1) is 26.1. The minimum Gasteiger partial charge on any atom is -0.465 e. The van der Waals surface area contributed by atoms with E-state index < -0.39 is 35.7 Å². The monoisotopic (exact) mass is 762 g/mol. The molecule has 0 saturated carbocycles. The van der Waals surface area contributed by atoms with Gasteiger partial charge in [0.1, 0.15) is 6.04 Å². The molecule has 0 bridgehead atoms. The second-order valence-electron chi connectivity index (χ2n) is 15.8. The average molecular weight is 763 g/mol. The van der Waals surface area contributed by atoms with Crippen LogP contribution in [0.2, 0.25) is 0 Å². The van der Waals surface area contributed by atoms with Gasteiger partial charge in [0.25, 0.3) is 0 Å². The number of carboxylic acid groups (broad SMARTS) is 2. The number of rotatable bonds is 5. The summed E-state index contributed by atoms with van der Waals surface area (Å²) in [5.74, 6) is -0.724. The van der Waals surface area contributed by atoms with Gasteiger partial charge in [0.05, 0.1) is 12.1 Å². The van der Waals surface area contributed by atoms with Crippen LogP contribution in [0, 0.1) is 5.41 Å². The predicted octanol–water partition coefficient (Wildman–Crippen LogP) is 4.18.